The van der Waals surface area contributed by atoms with Gasteiger partial charge in [-0.2, -0.15) is 5.10 Å². The van der Waals surface area contributed by atoms with E-state index in [4.69, 9.17) is 11.6 Å². The Morgan fingerprint density at radius 2 is 1.96 bits per heavy atom. The average molecular weight is 397 g/mol. The van der Waals surface area contributed by atoms with Crippen LogP contribution >= 0.6 is 11.6 Å². The van der Waals surface area contributed by atoms with E-state index in [1.807, 2.05) is 30.3 Å². The first-order valence-electron chi connectivity index (χ1n) is 9.28. The number of halogens is 1. The van der Waals surface area contributed by atoms with Gasteiger partial charge in [-0.15, -0.1) is 0 Å². The lowest BCUT2D eigenvalue weighted by atomic mass is 9.88. The third kappa shape index (κ3) is 4.20. The Hall–Kier alpha value is -2.79. The molecule has 0 radical (unpaired) electrons. The number of amides is 2. The Morgan fingerprint density at radius 1 is 1.25 bits per heavy atom. The molecule has 0 spiro atoms. The number of likely N-dealkylation sites (N-methyl/N-ethyl adjacent to an activating group) is 1. The second-order valence-electron chi connectivity index (χ2n) is 7.31. The highest BCUT2D eigenvalue weighted by molar-refractivity contribution is 6.33. The Balaban J connectivity index is 1.78. The van der Waals surface area contributed by atoms with Gasteiger partial charge < -0.3 is 10.2 Å². The Labute approximate surface area is 171 Å². The summed E-state index contributed by atoms with van der Waals surface area (Å²) < 4.78 is 0. The van der Waals surface area contributed by atoms with E-state index >= 15 is 0 Å². The number of allylic oxidation sites excluding steroid dienone is 1. The quantitative estimate of drug-likeness (QED) is 0.528. The zero-order chi connectivity index (χ0) is 20.3. The smallest absolute Gasteiger partial charge is 0.339 e. The number of carbonyl (C=O) groups excluding carboxylic acids is 1. The van der Waals surface area contributed by atoms with Gasteiger partial charge in [-0.1, -0.05) is 35.9 Å². The number of urea groups is 1. The van der Waals surface area contributed by atoms with E-state index in [0.29, 0.717) is 10.7 Å². The number of anilines is 2. The molecule has 0 fully saturated rings. The molecule has 2 aromatic carbocycles. The van der Waals surface area contributed by atoms with Crippen LogP contribution < -0.4 is 15.6 Å². The molecule has 28 heavy (non-hydrogen) atoms. The maximum Gasteiger partial charge on any atom is 0.339 e. The van der Waals surface area contributed by atoms with E-state index in [0.717, 1.165) is 23.4 Å². The van der Waals surface area contributed by atoms with Gasteiger partial charge in [-0.25, -0.2) is 10.2 Å². The number of fused-ring (bicyclic) bond motifs is 1. The van der Waals surface area contributed by atoms with Gasteiger partial charge in [0, 0.05) is 29.0 Å². The minimum Gasteiger partial charge on any atom is -0.363 e. The van der Waals surface area contributed by atoms with Crippen molar-refractivity contribution >= 4 is 40.8 Å². The van der Waals surface area contributed by atoms with Gasteiger partial charge in [-0.3, -0.25) is 0 Å². The number of hydrogen-bond donors (Lipinski definition) is 2. The second-order valence-corrected chi connectivity index (χ2v) is 7.71. The van der Waals surface area contributed by atoms with Crippen LogP contribution in [0.2, 0.25) is 5.02 Å². The third-order valence-electron chi connectivity index (χ3n) is 4.81. The largest absolute Gasteiger partial charge is 0.363 e. The second kappa shape index (κ2) is 8.07. The summed E-state index contributed by atoms with van der Waals surface area (Å²) in [6, 6.07) is 12.8. The van der Waals surface area contributed by atoms with Crippen molar-refractivity contribution in [2.45, 2.75) is 33.2 Å². The summed E-state index contributed by atoms with van der Waals surface area (Å²) >= 11 is 6.50. The summed E-state index contributed by atoms with van der Waals surface area (Å²) in [5, 5.41) is 7.34. The molecule has 146 valence electrons. The molecule has 0 atom stereocenters. The van der Waals surface area contributed by atoms with Crippen LogP contribution in [0.1, 0.15) is 38.8 Å². The Bertz CT molecular complexity index is 935. The van der Waals surface area contributed by atoms with Gasteiger partial charge in [0.15, 0.2) is 0 Å². The first-order valence-corrected chi connectivity index (χ1v) is 9.65. The summed E-state index contributed by atoms with van der Waals surface area (Å²) in [6.07, 6.45) is 3.83. The molecule has 3 rings (SSSR count). The first kappa shape index (κ1) is 20.0. The van der Waals surface area contributed by atoms with Crippen LogP contribution in [0.5, 0.6) is 0 Å². The van der Waals surface area contributed by atoms with Gasteiger partial charge in [0.05, 0.1) is 16.8 Å². The molecule has 0 saturated heterocycles. The van der Waals surface area contributed by atoms with Crippen molar-refractivity contribution in [3.63, 3.8) is 0 Å². The number of rotatable bonds is 4. The van der Waals surface area contributed by atoms with Crippen LogP contribution in [-0.4, -0.2) is 24.3 Å². The van der Waals surface area contributed by atoms with Crippen LogP contribution in [0.15, 0.2) is 53.6 Å². The van der Waals surface area contributed by atoms with Gasteiger partial charge in [-0.05, 0) is 57.5 Å². The summed E-state index contributed by atoms with van der Waals surface area (Å²) in [4.78, 5) is 14.3. The molecule has 0 unspecified atom stereocenters. The number of nitrogens with zero attached hydrogens (tertiary/aromatic N) is 2. The fourth-order valence-electron chi connectivity index (χ4n) is 3.63. The van der Waals surface area contributed by atoms with Crippen molar-refractivity contribution in [1.29, 1.82) is 0 Å². The van der Waals surface area contributed by atoms with E-state index in [2.05, 4.69) is 54.5 Å². The predicted molar refractivity (Wildman–Crippen MR) is 118 cm³/mol. The predicted octanol–water partition coefficient (Wildman–Crippen LogP) is 5.52. The Morgan fingerprint density at radius 3 is 2.64 bits per heavy atom. The molecule has 2 N–H and O–H groups in total. The molecular weight excluding hydrogens is 372 g/mol. The van der Waals surface area contributed by atoms with Crippen LogP contribution in [0.3, 0.4) is 0 Å². The van der Waals surface area contributed by atoms with E-state index in [1.165, 1.54) is 5.57 Å². The monoisotopic (exact) mass is 396 g/mol. The number of hydrazone groups is 1. The average Bonchev–Trinajstić information content (AvgIpc) is 2.63. The molecule has 0 aromatic heterocycles. The fraction of sp³-hybridized carbons (Fsp3) is 0.273. The van der Waals surface area contributed by atoms with Gasteiger partial charge in [0.2, 0.25) is 0 Å². The molecule has 2 aromatic rings. The van der Waals surface area contributed by atoms with E-state index in [9.17, 15) is 4.79 Å². The molecule has 1 aliphatic rings. The molecule has 2 amide bonds. The highest BCUT2D eigenvalue weighted by atomic mass is 35.5. The molecule has 0 aliphatic carbocycles. The summed E-state index contributed by atoms with van der Waals surface area (Å²) in [7, 11) is 0. The summed E-state index contributed by atoms with van der Waals surface area (Å²) in [6.45, 7) is 9.52. The lowest BCUT2D eigenvalue weighted by Gasteiger charge is -2.43. The van der Waals surface area contributed by atoms with E-state index in [1.54, 1.807) is 18.3 Å². The number of carbonyl (C=O) groups is 1. The minimum absolute atomic E-state index is 0.0676. The zero-order valence-electron chi connectivity index (χ0n) is 16.6. The fourth-order valence-corrected chi connectivity index (χ4v) is 3.84. The molecule has 0 bridgehead atoms. The molecule has 1 aliphatic heterocycles. The van der Waals surface area contributed by atoms with Crippen molar-refractivity contribution in [3.05, 3.63) is 64.7 Å². The SMILES string of the molecule is CCN1c2cc(Cl)c(/C=N/NC(=O)Nc3ccccc3)cc2C(C)=CC1(C)C. The number of hydrogen-bond acceptors (Lipinski definition) is 3. The van der Waals surface area contributed by atoms with Crippen LogP contribution in [0.4, 0.5) is 16.2 Å². The van der Waals surface area contributed by atoms with E-state index < -0.39 is 6.03 Å². The normalized spacial score (nSPS) is 15.2. The topological polar surface area (TPSA) is 56.7 Å². The molecule has 6 heteroatoms. The molecule has 5 nitrogen and oxygen atoms in total. The standard InChI is InChI=1S/C22H25ClN4O/c1-5-27-20-12-19(23)16(11-18(20)15(2)13-22(27,3)4)14-24-26-21(28)25-17-9-7-6-8-10-17/h6-14H,5H2,1-4H3,(H2,25,26,28)/b24-14+. The highest BCUT2D eigenvalue weighted by Crippen LogP contribution is 2.40. The van der Waals surface area contributed by atoms with Gasteiger partial charge >= 0.3 is 6.03 Å². The highest BCUT2D eigenvalue weighted by Gasteiger charge is 2.30. The molecule has 1 heterocycles. The number of benzene rings is 2. The summed E-state index contributed by atoms with van der Waals surface area (Å²) in [5.74, 6) is 0. The van der Waals surface area contributed by atoms with Crippen LogP contribution in [0, 0.1) is 0 Å². The number of para-hydroxylation sites is 1. The lowest BCUT2D eigenvalue weighted by Crippen LogP contribution is -2.44. The minimum atomic E-state index is -0.411. The van der Waals surface area contributed by atoms with Crippen molar-refractivity contribution in [2.24, 2.45) is 5.10 Å². The molecule has 0 saturated carbocycles. The van der Waals surface area contributed by atoms with E-state index in [-0.39, 0.29) is 5.54 Å². The molecular formula is C22H25ClN4O. The lowest BCUT2D eigenvalue weighted by molar-refractivity contribution is 0.252. The maximum atomic E-state index is 11.9. The maximum absolute atomic E-state index is 11.9. The zero-order valence-corrected chi connectivity index (χ0v) is 17.3. The first-order chi connectivity index (χ1) is 13.3. The van der Waals surface area contributed by atoms with Crippen LogP contribution in [-0.2, 0) is 0 Å². The van der Waals surface area contributed by atoms with Crippen LogP contribution in [0.25, 0.3) is 5.57 Å². The Kier molecular flexibility index (Phi) is 5.75. The number of nitrogens with one attached hydrogen (secondary N) is 2. The third-order valence-corrected chi connectivity index (χ3v) is 5.14. The van der Waals surface area contributed by atoms with Crippen molar-refractivity contribution in [3.8, 4) is 0 Å². The van der Waals surface area contributed by atoms with Crippen molar-refractivity contribution in [1.82, 2.24) is 5.43 Å². The summed E-state index contributed by atoms with van der Waals surface area (Å²) in [5.41, 5.74) is 7.29. The van der Waals surface area contributed by atoms with Gasteiger partial charge in [0.1, 0.15) is 0 Å². The van der Waals surface area contributed by atoms with Gasteiger partial charge in [0.25, 0.3) is 0 Å². The van der Waals surface area contributed by atoms with Crippen molar-refractivity contribution in [2.75, 3.05) is 16.8 Å². The van der Waals surface area contributed by atoms with Crippen molar-refractivity contribution < 1.29 is 4.79 Å².